The van der Waals surface area contributed by atoms with Crippen molar-refractivity contribution in [3.63, 3.8) is 0 Å². The molecule has 5 rings (SSSR count). The number of hydrogen-bond acceptors (Lipinski definition) is 7. The van der Waals surface area contributed by atoms with E-state index in [1.54, 1.807) is 25.1 Å². The first-order valence-corrected chi connectivity index (χ1v) is 12.7. The fraction of sp³-hybridized carbons (Fsp3) is 0.226. The third-order valence-electron chi connectivity index (χ3n) is 6.69. The molecular weight excluding hydrogens is 499 g/mol. The average molecular weight is 527 g/mol. The molecule has 3 aromatic carbocycles. The SMILES string of the molecule is CCCCCOc1cccc(C2C(C#N)=C(N)Oc3cc(OC(=O)c4oc5ccc(F)cc5c4C)ccc32)c1. The average Bonchev–Trinajstić information content (AvgIpc) is 3.26. The van der Waals surface area contributed by atoms with E-state index in [0.29, 0.717) is 40.2 Å². The van der Waals surface area contributed by atoms with Crippen LogP contribution in [0.15, 0.2) is 76.5 Å². The van der Waals surface area contributed by atoms with Crippen LogP contribution < -0.4 is 19.9 Å². The van der Waals surface area contributed by atoms with Crippen molar-refractivity contribution in [3.8, 4) is 23.3 Å². The maximum Gasteiger partial charge on any atom is 0.379 e. The molecule has 2 heterocycles. The third kappa shape index (κ3) is 5.16. The van der Waals surface area contributed by atoms with Crippen LogP contribution in [-0.4, -0.2) is 12.6 Å². The number of carbonyl (C=O) groups is 1. The summed E-state index contributed by atoms with van der Waals surface area (Å²) in [6.45, 7) is 4.41. The van der Waals surface area contributed by atoms with E-state index in [9.17, 15) is 14.4 Å². The van der Waals surface area contributed by atoms with E-state index in [2.05, 4.69) is 13.0 Å². The van der Waals surface area contributed by atoms with E-state index in [4.69, 9.17) is 24.4 Å². The van der Waals surface area contributed by atoms with Crippen molar-refractivity contribution in [2.75, 3.05) is 6.61 Å². The molecule has 0 saturated heterocycles. The lowest BCUT2D eigenvalue weighted by molar-refractivity contribution is 0.0702. The minimum atomic E-state index is -0.731. The van der Waals surface area contributed by atoms with Gasteiger partial charge in [-0.3, -0.25) is 0 Å². The number of esters is 1. The molecule has 4 aromatic rings. The first-order chi connectivity index (χ1) is 18.9. The molecule has 0 aliphatic carbocycles. The lowest BCUT2D eigenvalue weighted by Crippen LogP contribution is -2.21. The molecule has 8 heteroatoms. The molecule has 7 nitrogen and oxygen atoms in total. The summed E-state index contributed by atoms with van der Waals surface area (Å²) < 4.78 is 36.5. The van der Waals surface area contributed by atoms with Crippen LogP contribution in [0.25, 0.3) is 11.0 Å². The number of rotatable bonds is 8. The van der Waals surface area contributed by atoms with Gasteiger partial charge < -0.3 is 24.4 Å². The molecule has 198 valence electrons. The largest absolute Gasteiger partial charge is 0.494 e. The number of fused-ring (bicyclic) bond motifs is 2. The highest BCUT2D eigenvalue weighted by Crippen LogP contribution is 2.44. The summed E-state index contributed by atoms with van der Waals surface area (Å²) in [5.41, 5.74) is 8.81. The van der Waals surface area contributed by atoms with Crippen LogP contribution >= 0.6 is 0 Å². The second-order valence-corrected chi connectivity index (χ2v) is 9.34. The Labute approximate surface area is 225 Å². The van der Waals surface area contributed by atoms with Crippen LogP contribution in [0.1, 0.15) is 59.3 Å². The highest BCUT2D eigenvalue weighted by atomic mass is 19.1. The standard InChI is InChI=1S/C31H27FN2O5/c1-3-4-5-13-36-21-8-6-7-19(14-21)28-23-11-10-22(16-27(23)39-30(34)25(28)17-33)37-31(35)29-18(2)24-15-20(32)9-12-26(24)38-29/h6-12,14-16,28H,3-5,13,34H2,1-2H3. The fourth-order valence-electron chi connectivity index (χ4n) is 4.71. The molecule has 39 heavy (non-hydrogen) atoms. The number of carbonyl (C=O) groups excluding carboxylic acids is 1. The zero-order valence-corrected chi connectivity index (χ0v) is 21.6. The van der Waals surface area contributed by atoms with E-state index >= 15 is 0 Å². The van der Waals surface area contributed by atoms with Crippen molar-refractivity contribution in [2.24, 2.45) is 5.73 Å². The highest BCUT2D eigenvalue weighted by Gasteiger charge is 2.31. The van der Waals surface area contributed by atoms with E-state index < -0.39 is 17.7 Å². The molecule has 0 fully saturated rings. The van der Waals surface area contributed by atoms with Gasteiger partial charge in [0.25, 0.3) is 0 Å². The van der Waals surface area contributed by atoms with Crippen molar-refractivity contribution in [1.82, 2.24) is 0 Å². The van der Waals surface area contributed by atoms with Gasteiger partial charge in [0.1, 0.15) is 40.3 Å². The Hall–Kier alpha value is -4.77. The summed E-state index contributed by atoms with van der Waals surface area (Å²) in [5, 5.41) is 10.4. The smallest absolute Gasteiger partial charge is 0.379 e. The zero-order chi connectivity index (χ0) is 27.5. The Morgan fingerprint density at radius 1 is 1.10 bits per heavy atom. The molecule has 1 aliphatic rings. The number of allylic oxidation sites excluding steroid dienone is 1. The van der Waals surface area contributed by atoms with Crippen LogP contribution in [0.2, 0.25) is 0 Å². The van der Waals surface area contributed by atoms with Gasteiger partial charge in [0.05, 0.1) is 12.5 Å². The second-order valence-electron chi connectivity index (χ2n) is 9.34. The van der Waals surface area contributed by atoms with E-state index in [-0.39, 0.29) is 23.0 Å². The molecule has 1 unspecified atom stereocenters. The number of aryl methyl sites for hydroxylation is 1. The van der Waals surface area contributed by atoms with E-state index in [1.807, 2.05) is 24.3 Å². The molecule has 1 aliphatic heterocycles. The number of furan rings is 1. The number of hydrogen-bond donors (Lipinski definition) is 1. The molecule has 1 aromatic heterocycles. The normalized spacial score (nSPS) is 14.5. The Morgan fingerprint density at radius 3 is 2.74 bits per heavy atom. The maximum absolute atomic E-state index is 13.7. The fourth-order valence-corrected chi connectivity index (χ4v) is 4.71. The van der Waals surface area contributed by atoms with Gasteiger partial charge in [-0.1, -0.05) is 38.0 Å². The number of unbranched alkanes of at least 4 members (excludes halogenated alkanes) is 2. The van der Waals surface area contributed by atoms with Crippen molar-refractivity contribution in [1.29, 1.82) is 5.26 Å². The lowest BCUT2D eigenvalue weighted by Gasteiger charge is -2.27. The summed E-state index contributed by atoms with van der Waals surface area (Å²) in [7, 11) is 0. The van der Waals surface area contributed by atoms with Gasteiger partial charge in [-0.05, 0) is 55.3 Å². The molecule has 0 spiro atoms. The molecule has 0 amide bonds. The molecular formula is C31H27FN2O5. The maximum atomic E-state index is 13.7. The van der Waals surface area contributed by atoms with E-state index in [0.717, 1.165) is 24.8 Å². The minimum absolute atomic E-state index is 0.0194. The van der Waals surface area contributed by atoms with Crippen LogP contribution in [0, 0.1) is 24.1 Å². The predicted molar refractivity (Wildman–Crippen MR) is 143 cm³/mol. The highest BCUT2D eigenvalue weighted by molar-refractivity contribution is 5.96. The summed E-state index contributed by atoms with van der Waals surface area (Å²) in [4.78, 5) is 12.9. The summed E-state index contributed by atoms with van der Waals surface area (Å²) in [5.74, 6) is -0.426. The van der Waals surface area contributed by atoms with E-state index in [1.165, 1.54) is 18.2 Å². The van der Waals surface area contributed by atoms with Crippen LogP contribution in [0.3, 0.4) is 0 Å². The minimum Gasteiger partial charge on any atom is -0.494 e. The van der Waals surface area contributed by atoms with Gasteiger partial charge in [-0.15, -0.1) is 0 Å². The summed E-state index contributed by atoms with van der Waals surface area (Å²) >= 11 is 0. The van der Waals surface area contributed by atoms with Gasteiger partial charge in [-0.25, -0.2) is 9.18 Å². The second kappa shape index (κ2) is 10.9. The van der Waals surface area contributed by atoms with Crippen LogP contribution in [0.4, 0.5) is 4.39 Å². The number of halogens is 1. The molecule has 0 radical (unpaired) electrons. The first-order valence-electron chi connectivity index (χ1n) is 12.7. The zero-order valence-electron chi connectivity index (χ0n) is 21.6. The number of nitrogens with zero attached hydrogens (tertiary/aromatic N) is 1. The lowest BCUT2D eigenvalue weighted by atomic mass is 9.83. The van der Waals surface area contributed by atoms with Crippen molar-refractivity contribution in [2.45, 2.75) is 39.0 Å². The molecule has 2 N–H and O–H groups in total. The van der Waals surface area contributed by atoms with Crippen molar-refractivity contribution < 1.29 is 27.8 Å². The Morgan fingerprint density at radius 2 is 1.95 bits per heavy atom. The van der Waals surface area contributed by atoms with Crippen molar-refractivity contribution >= 4 is 16.9 Å². The van der Waals surface area contributed by atoms with Crippen LogP contribution in [0.5, 0.6) is 17.2 Å². The molecule has 1 atom stereocenters. The number of nitriles is 1. The quantitative estimate of drug-likeness (QED) is 0.151. The third-order valence-corrected chi connectivity index (χ3v) is 6.69. The van der Waals surface area contributed by atoms with Crippen molar-refractivity contribution in [3.05, 3.63) is 100 Å². The first kappa shape index (κ1) is 25.9. The Balaban J connectivity index is 1.43. The number of ether oxygens (including phenoxy) is 3. The van der Waals surface area contributed by atoms with Gasteiger partial charge >= 0.3 is 5.97 Å². The molecule has 0 saturated carbocycles. The number of nitrogens with two attached hydrogens (primary N) is 1. The number of benzene rings is 3. The monoisotopic (exact) mass is 526 g/mol. The van der Waals surface area contributed by atoms with Gasteiger partial charge in [0.15, 0.2) is 0 Å². The van der Waals surface area contributed by atoms with Gasteiger partial charge in [0, 0.05) is 22.6 Å². The molecule has 0 bridgehead atoms. The summed E-state index contributed by atoms with van der Waals surface area (Å²) in [6, 6.07) is 18.7. The van der Waals surface area contributed by atoms with Gasteiger partial charge in [-0.2, -0.15) is 5.26 Å². The summed E-state index contributed by atoms with van der Waals surface area (Å²) in [6.07, 6.45) is 3.16. The van der Waals surface area contributed by atoms with Crippen LogP contribution in [-0.2, 0) is 0 Å². The Bertz CT molecular complexity index is 1630. The Kier molecular flexibility index (Phi) is 7.24. The predicted octanol–water partition coefficient (Wildman–Crippen LogP) is 6.89. The van der Waals surface area contributed by atoms with Gasteiger partial charge in [0.2, 0.25) is 11.6 Å². The topological polar surface area (TPSA) is 108 Å².